The number of furan rings is 1. The summed E-state index contributed by atoms with van der Waals surface area (Å²) in [4.78, 5) is 16.2. The summed E-state index contributed by atoms with van der Waals surface area (Å²) >= 11 is 0. The number of halogens is 1. The first-order valence-electron chi connectivity index (χ1n) is 9.07. The maximum absolute atomic E-state index is 12.0. The highest BCUT2D eigenvalue weighted by molar-refractivity contribution is 14.0. The molecule has 0 fully saturated rings. The molecular formula is C20H29IN4O2. The lowest BCUT2D eigenvalue weighted by Crippen LogP contribution is -2.37. The zero-order valence-electron chi connectivity index (χ0n) is 16.0. The maximum Gasteiger partial charge on any atom is 0.251 e. The molecule has 1 aromatic heterocycles. The predicted octanol–water partition coefficient (Wildman–Crippen LogP) is 3.34. The molecule has 27 heavy (non-hydrogen) atoms. The van der Waals surface area contributed by atoms with Crippen molar-refractivity contribution in [3.63, 3.8) is 0 Å². The fourth-order valence-corrected chi connectivity index (χ4v) is 2.42. The van der Waals surface area contributed by atoms with Crippen LogP contribution in [0.2, 0.25) is 0 Å². The van der Waals surface area contributed by atoms with E-state index in [1.54, 1.807) is 13.3 Å². The fraction of sp³-hybridized carbons (Fsp3) is 0.400. The predicted molar refractivity (Wildman–Crippen MR) is 120 cm³/mol. The molecule has 0 spiro atoms. The van der Waals surface area contributed by atoms with E-state index >= 15 is 0 Å². The first-order valence-corrected chi connectivity index (χ1v) is 9.07. The number of unbranched alkanes of at least 4 members (excludes halogenated alkanes) is 1. The molecule has 0 radical (unpaired) electrons. The van der Waals surface area contributed by atoms with Crippen LogP contribution in [-0.2, 0) is 13.0 Å². The van der Waals surface area contributed by atoms with E-state index in [9.17, 15) is 4.79 Å². The molecule has 1 amide bonds. The van der Waals surface area contributed by atoms with E-state index in [1.165, 1.54) is 0 Å². The largest absolute Gasteiger partial charge is 0.469 e. The summed E-state index contributed by atoms with van der Waals surface area (Å²) < 4.78 is 5.31. The molecule has 0 bridgehead atoms. The molecule has 0 saturated heterocycles. The summed E-state index contributed by atoms with van der Waals surface area (Å²) in [6.45, 7) is 4.20. The topological polar surface area (TPSA) is 78.7 Å². The Kier molecular flexibility index (Phi) is 11.2. The lowest BCUT2D eigenvalue weighted by molar-refractivity contribution is 0.0953. The minimum absolute atomic E-state index is 0. The molecule has 1 heterocycles. The summed E-state index contributed by atoms with van der Waals surface area (Å²) in [5.74, 6) is 1.66. The maximum atomic E-state index is 12.0. The van der Waals surface area contributed by atoms with E-state index in [4.69, 9.17) is 4.42 Å². The number of carbonyl (C=O) groups is 1. The standard InChI is InChI=1S/C20H28N4O2.HI/c1-3-4-12-22-19(25)17-9-7-16(8-10-17)15-24-20(21-2)23-13-11-18-6-5-14-26-18;/h5-10,14H,3-4,11-13,15H2,1-2H3,(H,22,25)(H2,21,23,24);1H. The van der Waals surface area contributed by atoms with Gasteiger partial charge in [0.2, 0.25) is 0 Å². The molecule has 2 aromatic rings. The van der Waals surface area contributed by atoms with Crippen LogP contribution in [0.5, 0.6) is 0 Å². The van der Waals surface area contributed by atoms with Gasteiger partial charge < -0.3 is 20.4 Å². The number of aliphatic imine (C=N–C) groups is 1. The van der Waals surface area contributed by atoms with Crippen molar-refractivity contribution >= 4 is 35.8 Å². The van der Waals surface area contributed by atoms with Gasteiger partial charge in [-0.25, -0.2) is 0 Å². The van der Waals surface area contributed by atoms with Crippen LogP contribution in [0.3, 0.4) is 0 Å². The Balaban J connectivity index is 0.00000364. The Labute approximate surface area is 178 Å². The van der Waals surface area contributed by atoms with Crippen molar-refractivity contribution in [1.29, 1.82) is 0 Å². The van der Waals surface area contributed by atoms with Crippen molar-refractivity contribution in [1.82, 2.24) is 16.0 Å². The second-order valence-corrected chi connectivity index (χ2v) is 5.99. The Morgan fingerprint density at radius 2 is 1.85 bits per heavy atom. The SMILES string of the molecule is CCCCNC(=O)c1ccc(CNC(=NC)NCCc2ccco2)cc1.I. The summed E-state index contributed by atoms with van der Waals surface area (Å²) in [6.07, 6.45) is 4.55. The first kappa shape index (κ1) is 23.0. The summed E-state index contributed by atoms with van der Waals surface area (Å²) in [7, 11) is 1.74. The van der Waals surface area contributed by atoms with Gasteiger partial charge in [0, 0.05) is 38.7 Å². The fourth-order valence-electron chi connectivity index (χ4n) is 2.42. The highest BCUT2D eigenvalue weighted by Gasteiger charge is 2.05. The van der Waals surface area contributed by atoms with Gasteiger partial charge in [-0.3, -0.25) is 9.79 Å². The average molecular weight is 484 g/mol. The minimum atomic E-state index is -0.0200. The molecule has 2 rings (SSSR count). The van der Waals surface area contributed by atoms with Crippen LogP contribution < -0.4 is 16.0 Å². The number of nitrogens with one attached hydrogen (secondary N) is 3. The van der Waals surface area contributed by atoms with Gasteiger partial charge in [0.15, 0.2) is 5.96 Å². The molecule has 1 aromatic carbocycles. The molecule has 0 atom stereocenters. The molecule has 0 unspecified atom stereocenters. The number of nitrogens with zero attached hydrogens (tertiary/aromatic N) is 1. The molecule has 3 N–H and O–H groups in total. The minimum Gasteiger partial charge on any atom is -0.469 e. The second kappa shape index (κ2) is 13.2. The van der Waals surface area contributed by atoms with Gasteiger partial charge >= 0.3 is 0 Å². The number of hydrogen-bond acceptors (Lipinski definition) is 3. The summed E-state index contributed by atoms with van der Waals surface area (Å²) in [5, 5.41) is 9.44. The number of carbonyl (C=O) groups excluding carboxylic acids is 1. The lowest BCUT2D eigenvalue weighted by atomic mass is 10.1. The zero-order valence-corrected chi connectivity index (χ0v) is 18.3. The highest BCUT2D eigenvalue weighted by Crippen LogP contribution is 2.05. The van der Waals surface area contributed by atoms with Crippen LogP contribution in [0, 0.1) is 0 Å². The molecule has 148 valence electrons. The van der Waals surface area contributed by atoms with E-state index in [-0.39, 0.29) is 29.9 Å². The van der Waals surface area contributed by atoms with Crippen molar-refractivity contribution in [3.8, 4) is 0 Å². The second-order valence-electron chi connectivity index (χ2n) is 5.99. The van der Waals surface area contributed by atoms with Gasteiger partial charge in [-0.15, -0.1) is 24.0 Å². The zero-order chi connectivity index (χ0) is 18.6. The van der Waals surface area contributed by atoms with Gasteiger partial charge in [0.1, 0.15) is 5.76 Å². The molecule has 0 aliphatic heterocycles. The van der Waals surface area contributed by atoms with Gasteiger partial charge in [0.25, 0.3) is 5.91 Å². The third kappa shape index (κ3) is 8.47. The Hall–Kier alpha value is -2.03. The summed E-state index contributed by atoms with van der Waals surface area (Å²) in [6, 6.07) is 11.5. The summed E-state index contributed by atoms with van der Waals surface area (Å²) in [5.41, 5.74) is 1.77. The lowest BCUT2D eigenvalue weighted by Gasteiger charge is -2.12. The van der Waals surface area contributed by atoms with Crippen LogP contribution in [0.15, 0.2) is 52.1 Å². The monoisotopic (exact) mass is 484 g/mol. The third-order valence-electron chi connectivity index (χ3n) is 3.96. The molecule has 6 nitrogen and oxygen atoms in total. The van der Waals surface area contributed by atoms with E-state index in [0.29, 0.717) is 12.1 Å². The van der Waals surface area contributed by atoms with Crippen molar-refractivity contribution < 1.29 is 9.21 Å². The molecule has 0 saturated carbocycles. The van der Waals surface area contributed by atoms with Gasteiger partial charge in [-0.1, -0.05) is 25.5 Å². The van der Waals surface area contributed by atoms with Gasteiger partial charge in [-0.2, -0.15) is 0 Å². The average Bonchev–Trinajstić information content (AvgIpc) is 3.18. The molecular weight excluding hydrogens is 455 g/mol. The van der Waals surface area contributed by atoms with Crippen LogP contribution in [0.25, 0.3) is 0 Å². The van der Waals surface area contributed by atoms with Gasteiger partial charge in [0.05, 0.1) is 6.26 Å². The molecule has 7 heteroatoms. The van der Waals surface area contributed by atoms with Crippen LogP contribution >= 0.6 is 24.0 Å². The van der Waals surface area contributed by atoms with Crippen molar-refractivity contribution in [2.45, 2.75) is 32.7 Å². The van der Waals surface area contributed by atoms with E-state index in [1.807, 2.05) is 36.4 Å². The number of rotatable bonds is 9. The highest BCUT2D eigenvalue weighted by atomic mass is 127. The van der Waals surface area contributed by atoms with Crippen molar-refractivity contribution in [2.24, 2.45) is 4.99 Å². The van der Waals surface area contributed by atoms with Crippen molar-refractivity contribution in [3.05, 3.63) is 59.5 Å². The quantitative estimate of drug-likeness (QED) is 0.221. The van der Waals surface area contributed by atoms with Crippen LogP contribution in [0.4, 0.5) is 0 Å². The van der Waals surface area contributed by atoms with E-state index in [0.717, 1.165) is 49.6 Å². The normalized spacial score (nSPS) is 10.8. The number of guanidine groups is 1. The first-order chi connectivity index (χ1) is 12.7. The Morgan fingerprint density at radius 1 is 1.07 bits per heavy atom. The number of amides is 1. The smallest absolute Gasteiger partial charge is 0.251 e. The van der Waals surface area contributed by atoms with E-state index < -0.39 is 0 Å². The van der Waals surface area contributed by atoms with E-state index in [2.05, 4.69) is 27.9 Å². The third-order valence-corrected chi connectivity index (χ3v) is 3.96. The Morgan fingerprint density at radius 3 is 2.48 bits per heavy atom. The van der Waals surface area contributed by atoms with Crippen molar-refractivity contribution in [2.75, 3.05) is 20.1 Å². The Bertz CT molecular complexity index is 685. The molecule has 0 aliphatic carbocycles. The number of hydrogen-bond donors (Lipinski definition) is 3. The molecule has 0 aliphatic rings. The van der Waals surface area contributed by atoms with Gasteiger partial charge in [-0.05, 0) is 36.2 Å². The van der Waals surface area contributed by atoms with Crippen LogP contribution in [0.1, 0.15) is 41.4 Å². The van der Waals surface area contributed by atoms with Crippen LogP contribution in [-0.4, -0.2) is 32.0 Å². The number of benzene rings is 1.